The fraction of sp³-hybridized carbons (Fsp3) is 0.467. The van der Waals surface area contributed by atoms with Crippen molar-refractivity contribution in [3.63, 3.8) is 0 Å². The van der Waals surface area contributed by atoms with E-state index < -0.39 is 0 Å². The number of hydrogen-bond acceptors (Lipinski definition) is 0. The van der Waals surface area contributed by atoms with Crippen LogP contribution in [-0.2, 0) is 6.54 Å². The summed E-state index contributed by atoms with van der Waals surface area (Å²) < 4.78 is 2.39. The van der Waals surface area contributed by atoms with Gasteiger partial charge in [0.25, 0.3) is 0 Å². The van der Waals surface area contributed by atoms with Crippen LogP contribution < -0.4 is 0 Å². The van der Waals surface area contributed by atoms with Crippen molar-refractivity contribution in [3.8, 4) is 0 Å². The van der Waals surface area contributed by atoms with E-state index in [1.54, 1.807) is 0 Å². The predicted octanol–water partition coefficient (Wildman–Crippen LogP) is 4.53. The fourth-order valence-electron chi connectivity index (χ4n) is 2.20. The van der Waals surface area contributed by atoms with Crippen LogP contribution in [0.3, 0.4) is 0 Å². The molecule has 0 bridgehead atoms. The molecule has 0 unspecified atom stereocenters. The highest BCUT2D eigenvalue weighted by Crippen LogP contribution is 2.18. The number of nitrogens with zero attached hydrogens (tertiary/aromatic N) is 1. The van der Waals surface area contributed by atoms with E-state index in [2.05, 4.69) is 48.9 Å². The predicted molar refractivity (Wildman–Crippen MR) is 70.8 cm³/mol. The van der Waals surface area contributed by atoms with Crippen LogP contribution in [0.15, 0.2) is 30.5 Å². The topological polar surface area (TPSA) is 4.93 Å². The van der Waals surface area contributed by atoms with Crippen LogP contribution in [0.2, 0.25) is 0 Å². The van der Waals surface area contributed by atoms with Gasteiger partial charge in [-0.3, -0.25) is 0 Å². The molecule has 16 heavy (non-hydrogen) atoms. The van der Waals surface area contributed by atoms with Gasteiger partial charge in [-0.1, -0.05) is 38.3 Å². The minimum absolute atomic E-state index is 1.16. The van der Waals surface area contributed by atoms with E-state index in [1.807, 2.05) is 0 Å². The first kappa shape index (κ1) is 11.3. The van der Waals surface area contributed by atoms with Crippen LogP contribution in [0.5, 0.6) is 0 Å². The molecule has 0 saturated heterocycles. The molecular weight excluding hydrogens is 194 g/mol. The number of benzene rings is 1. The molecule has 0 spiro atoms. The van der Waals surface area contributed by atoms with E-state index in [-0.39, 0.29) is 0 Å². The zero-order valence-corrected chi connectivity index (χ0v) is 10.4. The minimum Gasteiger partial charge on any atom is -0.347 e. The van der Waals surface area contributed by atoms with Crippen molar-refractivity contribution in [1.82, 2.24) is 4.57 Å². The van der Waals surface area contributed by atoms with Crippen LogP contribution in [0.1, 0.15) is 38.2 Å². The van der Waals surface area contributed by atoms with Gasteiger partial charge in [0.05, 0.1) is 0 Å². The molecule has 2 rings (SSSR count). The van der Waals surface area contributed by atoms with Crippen LogP contribution in [-0.4, -0.2) is 4.57 Å². The van der Waals surface area contributed by atoms with Crippen molar-refractivity contribution < 1.29 is 0 Å². The highest BCUT2D eigenvalue weighted by Gasteiger charge is 2.00. The zero-order chi connectivity index (χ0) is 11.4. The first-order valence-corrected chi connectivity index (χ1v) is 6.37. The molecule has 1 aromatic carbocycles. The fourth-order valence-corrected chi connectivity index (χ4v) is 2.20. The summed E-state index contributed by atoms with van der Waals surface area (Å²) in [4.78, 5) is 0. The number of fused-ring (bicyclic) bond motifs is 1. The Labute approximate surface area is 98.1 Å². The smallest absolute Gasteiger partial charge is 0.0482 e. The summed E-state index contributed by atoms with van der Waals surface area (Å²) in [6.45, 7) is 5.58. The lowest BCUT2D eigenvalue weighted by molar-refractivity contribution is 0.593. The van der Waals surface area contributed by atoms with E-state index in [4.69, 9.17) is 0 Å². The molecule has 2 aromatic rings. The summed E-state index contributed by atoms with van der Waals surface area (Å²) in [5.74, 6) is 0. The SMILES string of the molecule is CCCCCCn1ccc2ccc(C)cc21. The standard InChI is InChI=1S/C15H21N/c1-3-4-5-6-10-16-11-9-14-8-7-13(2)12-15(14)16/h7-9,11-12H,3-6,10H2,1-2H3. The summed E-state index contributed by atoms with van der Waals surface area (Å²) in [5, 5.41) is 1.36. The second-order valence-corrected chi connectivity index (χ2v) is 4.63. The van der Waals surface area contributed by atoms with Gasteiger partial charge in [-0.15, -0.1) is 0 Å². The van der Waals surface area contributed by atoms with Crippen LogP contribution in [0.4, 0.5) is 0 Å². The largest absolute Gasteiger partial charge is 0.347 e. The molecule has 0 fully saturated rings. The summed E-state index contributed by atoms with van der Waals surface area (Å²) in [6, 6.07) is 8.90. The van der Waals surface area contributed by atoms with Gasteiger partial charge in [-0.05, 0) is 36.4 Å². The lowest BCUT2D eigenvalue weighted by Crippen LogP contribution is -1.95. The lowest BCUT2D eigenvalue weighted by Gasteiger charge is -2.05. The lowest BCUT2D eigenvalue weighted by atomic mass is 10.2. The Morgan fingerprint density at radius 1 is 1.06 bits per heavy atom. The molecule has 1 heterocycles. The van der Waals surface area contributed by atoms with Gasteiger partial charge in [0.2, 0.25) is 0 Å². The van der Waals surface area contributed by atoms with E-state index in [9.17, 15) is 0 Å². The molecule has 0 aliphatic rings. The van der Waals surface area contributed by atoms with Gasteiger partial charge in [0, 0.05) is 18.3 Å². The first-order valence-electron chi connectivity index (χ1n) is 6.37. The Balaban J connectivity index is 2.09. The summed E-state index contributed by atoms with van der Waals surface area (Å²) >= 11 is 0. The van der Waals surface area contributed by atoms with Gasteiger partial charge in [0.1, 0.15) is 0 Å². The van der Waals surface area contributed by atoms with Gasteiger partial charge in [0.15, 0.2) is 0 Å². The van der Waals surface area contributed by atoms with Crippen molar-refractivity contribution in [1.29, 1.82) is 0 Å². The third-order valence-electron chi connectivity index (χ3n) is 3.18. The Morgan fingerprint density at radius 3 is 2.75 bits per heavy atom. The second-order valence-electron chi connectivity index (χ2n) is 4.63. The number of hydrogen-bond donors (Lipinski definition) is 0. The molecular formula is C15H21N. The molecule has 1 heteroatoms. The van der Waals surface area contributed by atoms with E-state index in [0.717, 1.165) is 6.54 Å². The van der Waals surface area contributed by atoms with Crippen LogP contribution in [0.25, 0.3) is 10.9 Å². The molecule has 1 aromatic heterocycles. The number of rotatable bonds is 5. The maximum absolute atomic E-state index is 2.39. The third-order valence-corrected chi connectivity index (χ3v) is 3.18. The Bertz CT molecular complexity index is 453. The summed E-state index contributed by atoms with van der Waals surface area (Å²) in [7, 11) is 0. The molecule has 0 amide bonds. The molecule has 0 atom stereocenters. The number of aromatic nitrogens is 1. The first-order chi connectivity index (χ1) is 7.81. The molecule has 0 aliphatic carbocycles. The Morgan fingerprint density at radius 2 is 1.94 bits per heavy atom. The molecule has 0 N–H and O–H groups in total. The van der Waals surface area contributed by atoms with Crippen molar-refractivity contribution >= 4 is 10.9 Å². The Hall–Kier alpha value is -1.24. The van der Waals surface area contributed by atoms with Crippen LogP contribution >= 0.6 is 0 Å². The normalized spacial score (nSPS) is 11.1. The molecule has 1 nitrogen and oxygen atoms in total. The van der Waals surface area contributed by atoms with Gasteiger partial charge < -0.3 is 4.57 Å². The van der Waals surface area contributed by atoms with Crippen molar-refractivity contribution in [3.05, 3.63) is 36.0 Å². The van der Waals surface area contributed by atoms with Crippen LogP contribution in [0, 0.1) is 6.92 Å². The second kappa shape index (κ2) is 5.20. The monoisotopic (exact) mass is 215 g/mol. The van der Waals surface area contributed by atoms with E-state index in [1.165, 1.54) is 42.1 Å². The molecule has 86 valence electrons. The maximum atomic E-state index is 2.39. The van der Waals surface area contributed by atoms with Gasteiger partial charge in [-0.25, -0.2) is 0 Å². The minimum atomic E-state index is 1.16. The number of aryl methyl sites for hydroxylation is 2. The maximum Gasteiger partial charge on any atom is 0.0482 e. The average Bonchev–Trinajstić information content (AvgIpc) is 2.67. The molecule has 0 aliphatic heterocycles. The molecule has 0 radical (unpaired) electrons. The van der Waals surface area contributed by atoms with Crippen molar-refractivity contribution in [2.24, 2.45) is 0 Å². The highest BCUT2D eigenvalue weighted by atomic mass is 14.9. The quantitative estimate of drug-likeness (QED) is 0.646. The third kappa shape index (κ3) is 2.46. The number of unbranched alkanes of at least 4 members (excludes halogenated alkanes) is 3. The van der Waals surface area contributed by atoms with E-state index in [0.29, 0.717) is 0 Å². The van der Waals surface area contributed by atoms with Crippen molar-refractivity contribution in [2.75, 3.05) is 0 Å². The van der Waals surface area contributed by atoms with Gasteiger partial charge >= 0.3 is 0 Å². The highest BCUT2D eigenvalue weighted by molar-refractivity contribution is 5.80. The van der Waals surface area contributed by atoms with Crippen molar-refractivity contribution in [2.45, 2.75) is 46.1 Å². The zero-order valence-electron chi connectivity index (χ0n) is 10.4. The average molecular weight is 215 g/mol. The van der Waals surface area contributed by atoms with E-state index >= 15 is 0 Å². The van der Waals surface area contributed by atoms with Gasteiger partial charge in [-0.2, -0.15) is 0 Å². The summed E-state index contributed by atoms with van der Waals surface area (Å²) in [5.41, 5.74) is 2.73. The molecule has 0 saturated carbocycles. The summed E-state index contributed by atoms with van der Waals surface area (Å²) in [6.07, 6.45) is 7.54. The Kier molecular flexibility index (Phi) is 3.66.